The maximum atomic E-state index is 13.4. The van der Waals surface area contributed by atoms with Crippen molar-refractivity contribution in [2.45, 2.75) is 24.3 Å². The van der Waals surface area contributed by atoms with E-state index in [2.05, 4.69) is 15.0 Å². The third-order valence-corrected chi connectivity index (χ3v) is 6.82. The largest absolute Gasteiger partial charge is 0.325 e. The zero-order valence-corrected chi connectivity index (χ0v) is 19.2. The first-order valence-electron chi connectivity index (χ1n) is 10.7. The highest BCUT2D eigenvalue weighted by atomic mass is 32.2. The van der Waals surface area contributed by atoms with Crippen molar-refractivity contribution in [1.29, 1.82) is 0 Å². The molecule has 0 aliphatic heterocycles. The van der Waals surface area contributed by atoms with Gasteiger partial charge in [-0.3, -0.25) is 14.6 Å². The Kier molecular flexibility index (Phi) is 6.81. The second-order valence-corrected chi connectivity index (χ2v) is 9.50. The maximum Gasteiger partial charge on any atom is 0.243 e. The van der Waals surface area contributed by atoms with E-state index in [-0.39, 0.29) is 17.1 Å². The highest BCUT2D eigenvalue weighted by molar-refractivity contribution is 7.89. The van der Waals surface area contributed by atoms with Crippen molar-refractivity contribution in [1.82, 2.24) is 9.71 Å². The van der Waals surface area contributed by atoms with E-state index in [0.29, 0.717) is 22.2 Å². The summed E-state index contributed by atoms with van der Waals surface area (Å²) in [5.41, 5.74) is 1.96. The normalized spacial score (nSPS) is 12.3. The van der Waals surface area contributed by atoms with E-state index in [1.54, 1.807) is 48.5 Å². The van der Waals surface area contributed by atoms with Gasteiger partial charge in [-0.15, -0.1) is 0 Å². The minimum atomic E-state index is -4.09. The zero-order valence-electron chi connectivity index (χ0n) is 18.4. The number of aromatic nitrogens is 1. The van der Waals surface area contributed by atoms with E-state index in [4.69, 9.17) is 0 Å². The van der Waals surface area contributed by atoms with Crippen LogP contribution in [-0.2, 0) is 21.2 Å². The van der Waals surface area contributed by atoms with Gasteiger partial charge in [-0.25, -0.2) is 8.42 Å². The number of hydrogen-bond acceptors (Lipinski definition) is 5. The minimum absolute atomic E-state index is 0.00459. The topological polar surface area (TPSA) is 105 Å². The van der Waals surface area contributed by atoms with E-state index in [1.807, 2.05) is 30.3 Å². The number of amides is 1. The van der Waals surface area contributed by atoms with Gasteiger partial charge in [0.05, 0.1) is 5.52 Å². The Labute approximate surface area is 197 Å². The quantitative estimate of drug-likeness (QED) is 0.377. The Morgan fingerprint density at radius 1 is 0.912 bits per heavy atom. The first-order valence-corrected chi connectivity index (χ1v) is 12.1. The van der Waals surface area contributed by atoms with E-state index < -0.39 is 22.0 Å². The molecule has 34 heavy (non-hydrogen) atoms. The number of pyridine rings is 1. The molecule has 172 valence electrons. The highest BCUT2D eigenvalue weighted by Gasteiger charge is 2.28. The SMILES string of the molecule is CC(=O)c1cccc(NC(=O)C(Cc2ccccc2)NS(=O)(=O)c2cccc3cccnc23)c1. The smallest absolute Gasteiger partial charge is 0.243 e. The van der Waals surface area contributed by atoms with Crippen LogP contribution in [0.15, 0.2) is 96.0 Å². The van der Waals surface area contributed by atoms with E-state index in [9.17, 15) is 18.0 Å². The third kappa shape index (κ3) is 5.36. The Balaban J connectivity index is 1.66. The van der Waals surface area contributed by atoms with E-state index in [0.717, 1.165) is 5.56 Å². The molecule has 0 aliphatic carbocycles. The zero-order chi connectivity index (χ0) is 24.1. The van der Waals surface area contributed by atoms with Gasteiger partial charge < -0.3 is 5.32 Å². The van der Waals surface area contributed by atoms with Gasteiger partial charge in [0.1, 0.15) is 10.9 Å². The van der Waals surface area contributed by atoms with Gasteiger partial charge in [0, 0.05) is 22.8 Å². The molecule has 1 unspecified atom stereocenters. The second-order valence-electron chi connectivity index (χ2n) is 7.82. The molecular weight excluding hydrogens is 450 g/mol. The molecule has 0 saturated heterocycles. The van der Waals surface area contributed by atoms with Gasteiger partial charge >= 0.3 is 0 Å². The van der Waals surface area contributed by atoms with Crippen molar-refractivity contribution >= 4 is 38.3 Å². The number of hydrogen-bond donors (Lipinski definition) is 2. The number of nitrogens with zero attached hydrogens (tertiary/aromatic N) is 1. The Bertz CT molecular complexity index is 1450. The van der Waals surface area contributed by atoms with Crippen molar-refractivity contribution < 1.29 is 18.0 Å². The fraction of sp³-hybridized carbons (Fsp3) is 0.115. The third-order valence-electron chi connectivity index (χ3n) is 5.32. The molecule has 4 aromatic rings. The molecule has 0 fully saturated rings. The van der Waals surface area contributed by atoms with Crippen LogP contribution < -0.4 is 10.0 Å². The molecule has 4 rings (SSSR count). The molecule has 8 heteroatoms. The van der Waals surface area contributed by atoms with Crippen molar-refractivity contribution in [3.8, 4) is 0 Å². The number of fused-ring (bicyclic) bond motifs is 1. The van der Waals surface area contributed by atoms with Crippen molar-refractivity contribution in [2.24, 2.45) is 0 Å². The van der Waals surface area contributed by atoms with Gasteiger partial charge in [0.15, 0.2) is 5.78 Å². The number of ketones is 1. The minimum Gasteiger partial charge on any atom is -0.325 e. The Morgan fingerprint density at radius 2 is 1.65 bits per heavy atom. The summed E-state index contributed by atoms with van der Waals surface area (Å²) < 4.78 is 29.3. The molecule has 1 aromatic heterocycles. The van der Waals surface area contributed by atoms with Crippen LogP contribution in [0.5, 0.6) is 0 Å². The summed E-state index contributed by atoms with van der Waals surface area (Å²) in [6.45, 7) is 1.44. The first kappa shape index (κ1) is 23.3. The summed E-state index contributed by atoms with van der Waals surface area (Å²) in [5.74, 6) is -0.678. The van der Waals surface area contributed by atoms with Crippen LogP contribution in [-0.4, -0.2) is 31.1 Å². The molecular formula is C26H23N3O4S. The van der Waals surface area contributed by atoms with Gasteiger partial charge in [-0.2, -0.15) is 4.72 Å². The molecule has 0 bridgehead atoms. The van der Waals surface area contributed by atoms with Crippen LogP contribution in [0.3, 0.4) is 0 Å². The average molecular weight is 474 g/mol. The predicted molar refractivity (Wildman–Crippen MR) is 131 cm³/mol. The number of para-hydroxylation sites is 1. The van der Waals surface area contributed by atoms with Crippen molar-refractivity contribution in [3.05, 3.63) is 102 Å². The molecule has 2 N–H and O–H groups in total. The fourth-order valence-corrected chi connectivity index (χ4v) is 5.00. The number of Topliss-reactive ketones (excluding diaryl/α,β-unsaturated/α-hetero) is 1. The summed E-state index contributed by atoms with van der Waals surface area (Å²) in [4.78, 5) is 29.2. The predicted octanol–water partition coefficient (Wildman–Crippen LogP) is 3.97. The summed E-state index contributed by atoms with van der Waals surface area (Å²) >= 11 is 0. The molecule has 0 radical (unpaired) electrons. The van der Waals surface area contributed by atoms with E-state index >= 15 is 0 Å². The average Bonchev–Trinajstić information content (AvgIpc) is 2.84. The maximum absolute atomic E-state index is 13.4. The molecule has 7 nitrogen and oxygen atoms in total. The number of nitrogens with one attached hydrogen (secondary N) is 2. The van der Waals surface area contributed by atoms with Crippen LogP contribution in [0.1, 0.15) is 22.8 Å². The lowest BCUT2D eigenvalue weighted by Gasteiger charge is -2.19. The number of sulfonamides is 1. The molecule has 1 atom stereocenters. The van der Waals surface area contributed by atoms with Gasteiger partial charge in [-0.05, 0) is 43.2 Å². The number of anilines is 1. The molecule has 1 amide bonds. The first-order chi connectivity index (χ1) is 16.3. The number of rotatable bonds is 8. The second kappa shape index (κ2) is 9.94. The summed E-state index contributed by atoms with van der Waals surface area (Å²) in [7, 11) is -4.09. The van der Waals surface area contributed by atoms with Crippen LogP contribution in [0.2, 0.25) is 0 Å². The standard InChI is InChI=1S/C26H23N3O4S/c1-18(30)21-11-5-13-22(17-21)28-26(31)23(16-19-8-3-2-4-9-19)29-34(32,33)24-14-6-10-20-12-7-15-27-25(20)24/h2-15,17,23,29H,16H2,1H3,(H,28,31). The monoisotopic (exact) mass is 473 g/mol. The highest BCUT2D eigenvalue weighted by Crippen LogP contribution is 2.21. The van der Waals surface area contributed by atoms with E-state index in [1.165, 1.54) is 19.2 Å². The molecule has 0 spiro atoms. The van der Waals surface area contributed by atoms with Crippen LogP contribution in [0.25, 0.3) is 10.9 Å². The summed E-state index contributed by atoms with van der Waals surface area (Å²) in [6.07, 6.45) is 1.66. The van der Waals surface area contributed by atoms with Gasteiger partial charge in [0.25, 0.3) is 0 Å². The van der Waals surface area contributed by atoms with Crippen molar-refractivity contribution in [2.75, 3.05) is 5.32 Å². The number of benzene rings is 3. The summed E-state index contributed by atoms with van der Waals surface area (Å²) in [6, 6.07) is 22.9. The van der Waals surface area contributed by atoms with Gasteiger partial charge in [-0.1, -0.05) is 60.7 Å². The summed E-state index contributed by atoms with van der Waals surface area (Å²) in [5, 5.41) is 3.41. The lowest BCUT2D eigenvalue weighted by molar-refractivity contribution is -0.117. The molecule has 1 heterocycles. The van der Waals surface area contributed by atoms with Gasteiger partial charge in [0.2, 0.25) is 15.9 Å². The van der Waals surface area contributed by atoms with Crippen LogP contribution in [0.4, 0.5) is 5.69 Å². The Morgan fingerprint density at radius 3 is 2.41 bits per heavy atom. The van der Waals surface area contributed by atoms with Crippen LogP contribution in [0, 0.1) is 0 Å². The van der Waals surface area contributed by atoms with Crippen LogP contribution >= 0.6 is 0 Å². The lowest BCUT2D eigenvalue weighted by Crippen LogP contribution is -2.45. The number of carbonyl (C=O) groups is 2. The molecule has 0 aliphatic rings. The van der Waals surface area contributed by atoms with Crippen molar-refractivity contribution in [3.63, 3.8) is 0 Å². The number of carbonyl (C=O) groups excluding carboxylic acids is 2. The molecule has 3 aromatic carbocycles. The molecule has 0 saturated carbocycles. The fourth-order valence-electron chi connectivity index (χ4n) is 3.63. The lowest BCUT2D eigenvalue weighted by atomic mass is 10.1. The Hall–Kier alpha value is -3.88.